The zero-order valence-corrected chi connectivity index (χ0v) is 12.5. The zero-order chi connectivity index (χ0) is 14.1. The molecule has 1 fully saturated rings. The largest absolute Gasteiger partial charge is 0.388 e. The van der Waals surface area contributed by atoms with Crippen molar-refractivity contribution in [1.82, 2.24) is 5.32 Å². The van der Waals surface area contributed by atoms with Crippen molar-refractivity contribution < 1.29 is 14.6 Å². The number of methoxy groups -OCH3 is 1. The standard InChI is InChI=1S/C15H21NO3S/c1-19-11-6-3-5-10(14(11)17)16-15(18)13-8-9-4-2-7-12(9)20-13/h8,10-11,14,17H,2-7H2,1H3,(H,16,18)/t10-,11-,14-/m1/s1. The van der Waals surface area contributed by atoms with Crippen LogP contribution in [0.25, 0.3) is 0 Å². The number of aliphatic hydroxyl groups excluding tert-OH is 1. The zero-order valence-electron chi connectivity index (χ0n) is 11.7. The van der Waals surface area contributed by atoms with Gasteiger partial charge < -0.3 is 15.2 Å². The summed E-state index contributed by atoms with van der Waals surface area (Å²) in [5.74, 6) is -0.0507. The van der Waals surface area contributed by atoms with Gasteiger partial charge in [-0.25, -0.2) is 0 Å². The second-order valence-electron chi connectivity index (χ2n) is 5.69. The van der Waals surface area contributed by atoms with Crippen molar-refractivity contribution in [2.75, 3.05) is 7.11 Å². The van der Waals surface area contributed by atoms with E-state index in [-0.39, 0.29) is 18.1 Å². The minimum atomic E-state index is -0.607. The van der Waals surface area contributed by atoms with Crippen LogP contribution in [0.4, 0.5) is 0 Å². The van der Waals surface area contributed by atoms with Crippen LogP contribution in [0.3, 0.4) is 0 Å². The summed E-state index contributed by atoms with van der Waals surface area (Å²) in [6.45, 7) is 0. The van der Waals surface area contributed by atoms with Gasteiger partial charge in [-0.3, -0.25) is 4.79 Å². The lowest BCUT2D eigenvalue weighted by Crippen LogP contribution is -2.51. The first-order valence-electron chi connectivity index (χ1n) is 7.32. The maximum Gasteiger partial charge on any atom is 0.261 e. The minimum Gasteiger partial charge on any atom is -0.388 e. The fourth-order valence-electron chi connectivity index (χ4n) is 3.23. The SMILES string of the molecule is CO[C@@H]1CCC[C@@H](NC(=O)c2cc3c(s2)CCC3)[C@H]1O. The average molecular weight is 295 g/mol. The van der Waals surface area contributed by atoms with E-state index in [1.807, 2.05) is 6.07 Å². The lowest BCUT2D eigenvalue weighted by atomic mass is 9.90. The third-order valence-corrected chi connectivity index (χ3v) is 5.62. The van der Waals surface area contributed by atoms with Gasteiger partial charge in [0.25, 0.3) is 5.91 Å². The number of amides is 1. The van der Waals surface area contributed by atoms with Gasteiger partial charge in [-0.05, 0) is 50.2 Å². The summed E-state index contributed by atoms with van der Waals surface area (Å²) in [7, 11) is 1.61. The van der Waals surface area contributed by atoms with Gasteiger partial charge in [-0.2, -0.15) is 0 Å². The maximum absolute atomic E-state index is 12.3. The molecule has 4 nitrogen and oxygen atoms in total. The predicted molar refractivity (Wildman–Crippen MR) is 78.3 cm³/mol. The molecule has 1 aromatic heterocycles. The Kier molecular flexibility index (Phi) is 4.10. The Balaban J connectivity index is 1.65. The van der Waals surface area contributed by atoms with Crippen LogP contribution >= 0.6 is 11.3 Å². The van der Waals surface area contributed by atoms with Crippen LogP contribution in [0.2, 0.25) is 0 Å². The molecule has 0 spiro atoms. The third kappa shape index (κ3) is 2.62. The highest BCUT2D eigenvalue weighted by Gasteiger charge is 2.33. The smallest absolute Gasteiger partial charge is 0.261 e. The van der Waals surface area contributed by atoms with Gasteiger partial charge in [0.1, 0.15) is 6.10 Å². The van der Waals surface area contributed by atoms with E-state index in [2.05, 4.69) is 5.32 Å². The first-order chi connectivity index (χ1) is 9.69. The summed E-state index contributed by atoms with van der Waals surface area (Å²) in [5.41, 5.74) is 1.33. The van der Waals surface area contributed by atoms with Gasteiger partial charge in [0, 0.05) is 12.0 Å². The van der Waals surface area contributed by atoms with Crippen LogP contribution in [0, 0.1) is 0 Å². The Morgan fingerprint density at radius 3 is 3.00 bits per heavy atom. The molecule has 5 heteroatoms. The predicted octanol–water partition coefficient (Wildman–Crippen LogP) is 1.90. The second-order valence-corrected chi connectivity index (χ2v) is 6.82. The van der Waals surface area contributed by atoms with E-state index in [0.29, 0.717) is 0 Å². The van der Waals surface area contributed by atoms with Crippen molar-refractivity contribution in [2.45, 2.75) is 56.8 Å². The minimum absolute atomic E-state index is 0.0507. The summed E-state index contributed by atoms with van der Waals surface area (Å²) in [4.78, 5) is 14.4. The number of carbonyl (C=O) groups excluding carboxylic acids is 1. The molecule has 0 aromatic carbocycles. The molecule has 20 heavy (non-hydrogen) atoms. The Morgan fingerprint density at radius 1 is 1.40 bits per heavy atom. The molecule has 1 aromatic rings. The number of nitrogens with one attached hydrogen (secondary N) is 1. The van der Waals surface area contributed by atoms with Crippen LogP contribution in [-0.2, 0) is 17.6 Å². The molecule has 0 saturated heterocycles. The van der Waals surface area contributed by atoms with Crippen molar-refractivity contribution in [2.24, 2.45) is 0 Å². The molecule has 0 aliphatic heterocycles. The molecule has 2 N–H and O–H groups in total. The van der Waals surface area contributed by atoms with Crippen molar-refractivity contribution in [1.29, 1.82) is 0 Å². The van der Waals surface area contributed by atoms with Crippen LogP contribution in [-0.4, -0.2) is 36.4 Å². The number of fused-ring (bicyclic) bond motifs is 1. The third-order valence-electron chi connectivity index (χ3n) is 4.39. The molecular formula is C15H21NO3S. The Hall–Kier alpha value is -0.910. The number of carbonyl (C=O) groups is 1. The molecule has 0 unspecified atom stereocenters. The van der Waals surface area contributed by atoms with Crippen molar-refractivity contribution in [3.8, 4) is 0 Å². The van der Waals surface area contributed by atoms with Gasteiger partial charge in [0.2, 0.25) is 0 Å². The summed E-state index contributed by atoms with van der Waals surface area (Å²) in [6, 6.07) is 1.82. The molecule has 1 amide bonds. The molecule has 3 atom stereocenters. The molecule has 1 saturated carbocycles. The van der Waals surface area contributed by atoms with Crippen molar-refractivity contribution in [3.05, 3.63) is 21.4 Å². The quantitative estimate of drug-likeness (QED) is 0.895. The maximum atomic E-state index is 12.3. The number of hydrogen-bond donors (Lipinski definition) is 2. The molecule has 3 rings (SSSR count). The molecule has 0 bridgehead atoms. The topological polar surface area (TPSA) is 58.6 Å². The summed E-state index contributed by atoms with van der Waals surface area (Å²) < 4.78 is 5.27. The van der Waals surface area contributed by atoms with E-state index >= 15 is 0 Å². The van der Waals surface area contributed by atoms with Crippen LogP contribution in [0.1, 0.15) is 45.8 Å². The number of aliphatic hydroxyl groups is 1. The average Bonchev–Trinajstić information content (AvgIpc) is 3.02. The molecule has 1 heterocycles. The van der Waals surface area contributed by atoms with E-state index in [1.165, 1.54) is 16.9 Å². The summed E-state index contributed by atoms with van der Waals surface area (Å²) in [5, 5.41) is 13.2. The Morgan fingerprint density at radius 2 is 2.25 bits per heavy atom. The van der Waals surface area contributed by atoms with Gasteiger partial charge >= 0.3 is 0 Å². The van der Waals surface area contributed by atoms with Crippen molar-refractivity contribution in [3.63, 3.8) is 0 Å². The van der Waals surface area contributed by atoms with Gasteiger partial charge in [-0.15, -0.1) is 11.3 Å². The number of rotatable bonds is 3. The van der Waals surface area contributed by atoms with Gasteiger partial charge in [-0.1, -0.05) is 0 Å². The first-order valence-corrected chi connectivity index (χ1v) is 8.14. The normalized spacial score (nSPS) is 29.2. The Bertz CT molecular complexity index is 478. The van der Waals surface area contributed by atoms with E-state index in [4.69, 9.17) is 4.74 Å². The van der Waals surface area contributed by atoms with Crippen LogP contribution in [0.5, 0.6) is 0 Å². The number of thiophene rings is 1. The highest BCUT2D eigenvalue weighted by Crippen LogP contribution is 2.31. The molecular weight excluding hydrogens is 274 g/mol. The van der Waals surface area contributed by atoms with Gasteiger partial charge in [0.15, 0.2) is 0 Å². The first kappa shape index (κ1) is 14.0. The second kappa shape index (κ2) is 5.84. The number of hydrogen-bond acceptors (Lipinski definition) is 4. The molecule has 110 valence electrons. The molecule has 2 aliphatic rings. The van der Waals surface area contributed by atoms with Crippen LogP contribution in [0.15, 0.2) is 6.07 Å². The van der Waals surface area contributed by atoms with E-state index in [1.54, 1.807) is 18.4 Å². The monoisotopic (exact) mass is 295 g/mol. The fraction of sp³-hybridized carbons (Fsp3) is 0.667. The van der Waals surface area contributed by atoms with E-state index in [0.717, 1.165) is 37.0 Å². The highest BCUT2D eigenvalue weighted by atomic mass is 32.1. The lowest BCUT2D eigenvalue weighted by Gasteiger charge is -2.34. The number of aryl methyl sites for hydroxylation is 2. The fourth-order valence-corrected chi connectivity index (χ4v) is 4.39. The van der Waals surface area contributed by atoms with Crippen molar-refractivity contribution >= 4 is 17.2 Å². The van der Waals surface area contributed by atoms with Crippen LogP contribution < -0.4 is 5.32 Å². The van der Waals surface area contributed by atoms with E-state index in [9.17, 15) is 9.90 Å². The molecule has 0 radical (unpaired) electrons. The highest BCUT2D eigenvalue weighted by molar-refractivity contribution is 7.14. The van der Waals surface area contributed by atoms with Gasteiger partial charge in [0.05, 0.1) is 17.0 Å². The summed E-state index contributed by atoms with van der Waals surface area (Å²) >= 11 is 1.60. The molecule has 2 aliphatic carbocycles. The summed E-state index contributed by atoms with van der Waals surface area (Å²) in [6.07, 6.45) is 5.28. The Labute approximate surface area is 123 Å². The lowest BCUT2D eigenvalue weighted by molar-refractivity contribution is -0.0513. The van der Waals surface area contributed by atoms with E-state index < -0.39 is 6.10 Å². The number of ether oxygens (including phenoxy) is 1.